The Labute approximate surface area is 197 Å². The average molecular weight is 447 g/mol. The van der Waals surface area contributed by atoms with Crippen LogP contribution in [0.5, 0.6) is 0 Å². The normalized spacial score (nSPS) is 46.6. The van der Waals surface area contributed by atoms with Gasteiger partial charge in [-0.15, -0.1) is 0 Å². The van der Waals surface area contributed by atoms with Crippen molar-refractivity contribution in [2.24, 2.45) is 52.3 Å². The molecule has 0 bridgehead atoms. The Bertz CT molecular complexity index is 701. The fourth-order valence-electron chi connectivity index (χ4n) is 8.87. The summed E-state index contributed by atoms with van der Waals surface area (Å²) < 4.78 is 6.16. The molecule has 0 aliphatic heterocycles. The van der Waals surface area contributed by atoms with Gasteiger partial charge in [0.15, 0.2) is 0 Å². The van der Waals surface area contributed by atoms with E-state index in [0.29, 0.717) is 46.8 Å². The van der Waals surface area contributed by atoms with E-state index in [1.54, 1.807) is 0 Å². The van der Waals surface area contributed by atoms with E-state index < -0.39 is 0 Å². The predicted molar refractivity (Wildman–Crippen MR) is 131 cm³/mol. The van der Waals surface area contributed by atoms with E-state index in [4.69, 9.17) is 4.74 Å². The highest BCUT2D eigenvalue weighted by Gasteiger charge is 2.61. The van der Waals surface area contributed by atoms with Gasteiger partial charge in [0.05, 0.1) is 18.3 Å². The van der Waals surface area contributed by atoms with E-state index >= 15 is 0 Å². The van der Waals surface area contributed by atoms with Crippen molar-refractivity contribution in [1.29, 1.82) is 0 Å². The second-order valence-corrected chi connectivity index (χ2v) is 13.1. The summed E-state index contributed by atoms with van der Waals surface area (Å²) in [5.74, 6) is 4.07. The monoisotopic (exact) mass is 446 g/mol. The van der Waals surface area contributed by atoms with Gasteiger partial charge in [0.1, 0.15) is 0 Å². The molecule has 32 heavy (non-hydrogen) atoms. The van der Waals surface area contributed by atoms with E-state index in [-0.39, 0.29) is 23.7 Å². The number of hydrogen-bond donors (Lipinski definition) is 2. The van der Waals surface area contributed by atoms with Crippen LogP contribution >= 0.6 is 0 Å². The molecule has 11 atom stereocenters. The summed E-state index contributed by atoms with van der Waals surface area (Å²) in [6.07, 6.45) is 11.1. The first-order valence-electron chi connectivity index (χ1n) is 13.6. The van der Waals surface area contributed by atoms with Crippen LogP contribution in [0.1, 0.15) is 92.9 Å². The first-order valence-corrected chi connectivity index (χ1v) is 13.6. The van der Waals surface area contributed by atoms with Crippen LogP contribution in [0.3, 0.4) is 0 Å². The molecule has 0 amide bonds. The lowest BCUT2D eigenvalue weighted by Gasteiger charge is -2.60. The number of fused-ring (bicyclic) bond motifs is 5. The second kappa shape index (κ2) is 9.00. The van der Waals surface area contributed by atoms with Gasteiger partial charge in [0.25, 0.3) is 0 Å². The number of aliphatic hydroxyl groups is 2. The van der Waals surface area contributed by atoms with E-state index in [1.807, 2.05) is 7.11 Å². The van der Waals surface area contributed by atoms with Crippen LogP contribution in [0.4, 0.5) is 0 Å². The molecule has 2 N–H and O–H groups in total. The van der Waals surface area contributed by atoms with Crippen molar-refractivity contribution >= 4 is 0 Å². The number of rotatable bonds is 6. The summed E-state index contributed by atoms with van der Waals surface area (Å²) in [7, 11) is 1.89. The Morgan fingerprint density at radius 1 is 1.03 bits per heavy atom. The van der Waals surface area contributed by atoms with Crippen molar-refractivity contribution in [3.8, 4) is 0 Å². The smallest absolute Gasteiger partial charge is 0.0788 e. The van der Waals surface area contributed by atoms with Gasteiger partial charge in [-0.25, -0.2) is 0 Å². The standard InChI is InChI=1S/C29H50O3/c1-17(2)18(3)14-25(31)19(4)22-8-9-23-27-24(11-13-29(22,23)6)28(5)12-10-21(30)15-20(28)16-26(27)32-7/h16-19,21-27,30-31H,8-15H2,1-7H3/t18-,19+,21+,22?,23?,24?,25-,26?,27?,28+,29-/m1/s1. The molecule has 0 spiro atoms. The third kappa shape index (κ3) is 3.93. The van der Waals surface area contributed by atoms with E-state index in [1.165, 1.54) is 31.3 Å². The zero-order chi connectivity index (χ0) is 23.4. The fourth-order valence-corrected chi connectivity index (χ4v) is 8.87. The van der Waals surface area contributed by atoms with E-state index in [2.05, 4.69) is 47.6 Å². The molecule has 0 saturated heterocycles. The predicted octanol–water partition coefficient (Wildman–Crippen LogP) is 6.23. The Kier molecular flexibility index (Phi) is 6.96. The van der Waals surface area contributed by atoms with Gasteiger partial charge in [-0.05, 0) is 104 Å². The molecule has 4 rings (SSSR count). The maximum Gasteiger partial charge on any atom is 0.0788 e. The molecule has 3 heteroatoms. The van der Waals surface area contributed by atoms with Crippen LogP contribution in [-0.4, -0.2) is 35.6 Å². The highest BCUT2D eigenvalue weighted by Crippen LogP contribution is 2.67. The summed E-state index contributed by atoms with van der Waals surface area (Å²) in [6.45, 7) is 14.2. The second-order valence-electron chi connectivity index (χ2n) is 13.1. The highest BCUT2D eigenvalue weighted by atomic mass is 16.5. The van der Waals surface area contributed by atoms with Crippen molar-refractivity contribution in [1.82, 2.24) is 0 Å². The molecule has 3 saturated carbocycles. The van der Waals surface area contributed by atoms with Gasteiger partial charge < -0.3 is 14.9 Å². The lowest BCUT2D eigenvalue weighted by molar-refractivity contribution is -0.111. The topological polar surface area (TPSA) is 49.7 Å². The van der Waals surface area contributed by atoms with Crippen molar-refractivity contribution < 1.29 is 14.9 Å². The van der Waals surface area contributed by atoms with Crippen LogP contribution in [0, 0.1) is 52.3 Å². The third-order valence-electron chi connectivity index (χ3n) is 11.4. The Balaban J connectivity index is 1.58. The molecule has 3 fully saturated rings. The van der Waals surface area contributed by atoms with Gasteiger partial charge in [-0.2, -0.15) is 0 Å². The average Bonchev–Trinajstić information content (AvgIpc) is 3.10. The van der Waals surface area contributed by atoms with E-state index in [0.717, 1.165) is 25.7 Å². The molecule has 0 radical (unpaired) electrons. The summed E-state index contributed by atoms with van der Waals surface area (Å²) in [5, 5.41) is 21.5. The molecule has 5 unspecified atom stereocenters. The van der Waals surface area contributed by atoms with Crippen molar-refractivity contribution in [2.75, 3.05) is 7.11 Å². The quantitative estimate of drug-likeness (QED) is 0.475. The number of aliphatic hydroxyl groups excluding tert-OH is 2. The SMILES string of the molecule is COC1C=C2C[C@@H](O)CC[C@]2(C)C2CC[C@@]3(C)C(CCC3[C@H](C)[C@H](O)C[C@@H](C)C(C)C)C12. The molecule has 4 aliphatic carbocycles. The summed E-state index contributed by atoms with van der Waals surface area (Å²) in [6, 6.07) is 0. The molecule has 184 valence electrons. The van der Waals surface area contributed by atoms with Crippen molar-refractivity contribution in [3.63, 3.8) is 0 Å². The summed E-state index contributed by atoms with van der Waals surface area (Å²) >= 11 is 0. The first kappa shape index (κ1) is 24.7. The first-order chi connectivity index (χ1) is 15.0. The van der Waals surface area contributed by atoms with Gasteiger partial charge in [-0.1, -0.05) is 53.2 Å². The highest BCUT2D eigenvalue weighted by molar-refractivity contribution is 5.28. The molecule has 4 aliphatic rings. The van der Waals surface area contributed by atoms with Crippen LogP contribution in [0.2, 0.25) is 0 Å². The molecular weight excluding hydrogens is 396 g/mol. The fraction of sp³-hybridized carbons (Fsp3) is 0.931. The number of ether oxygens (including phenoxy) is 1. The molecule has 0 aromatic rings. The largest absolute Gasteiger partial charge is 0.393 e. The maximum atomic E-state index is 11.2. The minimum absolute atomic E-state index is 0.177. The Hall–Kier alpha value is -0.380. The van der Waals surface area contributed by atoms with Crippen LogP contribution < -0.4 is 0 Å². The van der Waals surface area contributed by atoms with Crippen LogP contribution in [0.15, 0.2) is 11.6 Å². The van der Waals surface area contributed by atoms with Crippen molar-refractivity contribution in [2.45, 2.75) is 111 Å². The molecule has 0 heterocycles. The third-order valence-corrected chi connectivity index (χ3v) is 11.4. The molecule has 3 nitrogen and oxygen atoms in total. The van der Waals surface area contributed by atoms with Crippen LogP contribution in [-0.2, 0) is 4.74 Å². The van der Waals surface area contributed by atoms with Gasteiger partial charge in [0.2, 0.25) is 0 Å². The lowest BCUT2D eigenvalue weighted by atomic mass is 9.46. The zero-order valence-electron chi connectivity index (χ0n) is 21.8. The van der Waals surface area contributed by atoms with Crippen LogP contribution in [0.25, 0.3) is 0 Å². The van der Waals surface area contributed by atoms with Gasteiger partial charge in [-0.3, -0.25) is 0 Å². The molecule has 0 aromatic carbocycles. The summed E-state index contributed by atoms with van der Waals surface area (Å²) in [5.41, 5.74) is 2.00. The summed E-state index contributed by atoms with van der Waals surface area (Å²) in [4.78, 5) is 0. The lowest BCUT2D eigenvalue weighted by Crippen LogP contribution is -2.55. The minimum Gasteiger partial charge on any atom is -0.393 e. The minimum atomic E-state index is -0.195. The Morgan fingerprint density at radius 2 is 1.75 bits per heavy atom. The Morgan fingerprint density at radius 3 is 2.41 bits per heavy atom. The van der Waals surface area contributed by atoms with Crippen molar-refractivity contribution in [3.05, 3.63) is 11.6 Å². The molecule has 0 aromatic heterocycles. The zero-order valence-corrected chi connectivity index (χ0v) is 21.8. The maximum absolute atomic E-state index is 11.2. The molecular formula is C29H50O3. The number of methoxy groups -OCH3 is 1. The van der Waals surface area contributed by atoms with E-state index in [9.17, 15) is 10.2 Å². The van der Waals surface area contributed by atoms with Gasteiger partial charge in [0, 0.05) is 7.11 Å². The van der Waals surface area contributed by atoms with Gasteiger partial charge >= 0.3 is 0 Å². The number of hydrogen-bond acceptors (Lipinski definition) is 3.